The third kappa shape index (κ3) is 2.87. The number of pyridine rings is 1. The molecule has 0 aliphatic heterocycles. The fourth-order valence-electron chi connectivity index (χ4n) is 2.75. The molecule has 0 radical (unpaired) electrons. The Hall–Kier alpha value is -3.47. The Kier molecular flexibility index (Phi) is 3.74. The van der Waals surface area contributed by atoms with Crippen molar-refractivity contribution >= 4 is 22.6 Å². The van der Waals surface area contributed by atoms with Gasteiger partial charge in [0.15, 0.2) is 0 Å². The van der Waals surface area contributed by atoms with Crippen LogP contribution in [0.25, 0.3) is 22.4 Å². The number of hydrogen-bond acceptors (Lipinski definition) is 3. The van der Waals surface area contributed by atoms with Crippen LogP contribution in [0.2, 0.25) is 0 Å². The largest absolute Gasteiger partial charge is 0.338 e. The van der Waals surface area contributed by atoms with Crippen molar-refractivity contribution in [2.24, 2.45) is 0 Å². The minimum absolute atomic E-state index is 0.0680. The summed E-state index contributed by atoms with van der Waals surface area (Å²) in [5, 5.41) is 0. The molecule has 0 unspecified atom stereocenters. The second-order valence-electron chi connectivity index (χ2n) is 5.75. The summed E-state index contributed by atoms with van der Waals surface area (Å²) >= 11 is 0. The van der Waals surface area contributed by atoms with Gasteiger partial charge in [0.05, 0.1) is 11.0 Å². The number of fused-ring (bicyclic) bond motifs is 1. The SMILES string of the molecule is CN(C(=O)c1ccc2[nH]c(-c3ccncc3)nc2c1)c1ccccc1. The van der Waals surface area contributed by atoms with E-state index in [-0.39, 0.29) is 5.91 Å². The summed E-state index contributed by atoms with van der Waals surface area (Å²) in [7, 11) is 1.77. The minimum atomic E-state index is -0.0680. The summed E-state index contributed by atoms with van der Waals surface area (Å²) in [6, 6.07) is 18.9. The van der Waals surface area contributed by atoms with Crippen LogP contribution in [0.5, 0.6) is 0 Å². The Morgan fingerprint density at radius 1 is 1.00 bits per heavy atom. The lowest BCUT2D eigenvalue weighted by atomic mass is 10.1. The van der Waals surface area contributed by atoms with Crippen LogP contribution in [0, 0.1) is 0 Å². The van der Waals surface area contributed by atoms with Crippen molar-refractivity contribution in [2.75, 3.05) is 11.9 Å². The molecule has 25 heavy (non-hydrogen) atoms. The van der Waals surface area contributed by atoms with Gasteiger partial charge >= 0.3 is 0 Å². The Morgan fingerprint density at radius 3 is 2.52 bits per heavy atom. The molecular weight excluding hydrogens is 312 g/mol. The number of hydrogen-bond donors (Lipinski definition) is 1. The molecule has 4 rings (SSSR count). The normalized spacial score (nSPS) is 10.8. The van der Waals surface area contributed by atoms with E-state index in [4.69, 9.17) is 0 Å². The molecule has 0 aliphatic carbocycles. The summed E-state index contributed by atoms with van der Waals surface area (Å²) < 4.78 is 0. The summed E-state index contributed by atoms with van der Waals surface area (Å²) in [5.41, 5.74) is 4.07. The number of rotatable bonds is 3. The van der Waals surface area contributed by atoms with Crippen molar-refractivity contribution in [3.05, 3.63) is 78.6 Å². The molecule has 2 heterocycles. The maximum absolute atomic E-state index is 12.7. The van der Waals surface area contributed by atoms with Crippen LogP contribution in [0.1, 0.15) is 10.4 Å². The molecule has 5 nitrogen and oxygen atoms in total. The maximum Gasteiger partial charge on any atom is 0.258 e. The van der Waals surface area contributed by atoms with Gasteiger partial charge in [0.1, 0.15) is 5.82 Å². The van der Waals surface area contributed by atoms with Crippen molar-refractivity contribution in [2.45, 2.75) is 0 Å². The van der Waals surface area contributed by atoms with Gasteiger partial charge in [-0.15, -0.1) is 0 Å². The second-order valence-corrected chi connectivity index (χ2v) is 5.75. The first-order chi connectivity index (χ1) is 12.2. The van der Waals surface area contributed by atoms with E-state index in [2.05, 4.69) is 15.0 Å². The fraction of sp³-hybridized carbons (Fsp3) is 0.0500. The third-order valence-corrected chi connectivity index (χ3v) is 4.13. The Labute approximate surface area is 145 Å². The summed E-state index contributed by atoms with van der Waals surface area (Å²) in [6.07, 6.45) is 3.46. The van der Waals surface area contributed by atoms with Gasteiger partial charge in [0.2, 0.25) is 0 Å². The average Bonchev–Trinajstić information content (AvgIpc) is 3.11. The van der Waals surface area contributed by atoms with Gasteiger partial charge in [-0.3, -0.25) is 9.78 Å². The van der Waals surface area contributed by atoms with E-state index >= 15 is 0 Å². The highest BCUT2D eigenvalue weighted by molar-refractivity contribution is 6.07. The van der Waals surface area contributed by atoms with Crippen molar-refractivity contribution in [1.82, 2.24) is 15.0 Å². The number of para-hydroxylation sites is 1. The molecule has 4 aromatic rings. The van der Waals surface area contributed by atoms with E-state index in [1.54, 1.807) is 24.3 Å². The van der Waals surface area contributed by atoms with Crippen LogP contribution in [0.3, 0.4) is 0 Å². The molecule has 1 N–H and O–H groups in total. The summed E-state index contributed by atoms with van der Waals surface area (Å²) in [5.74, 6) is 0.694. The average molecular weight is 328 g/mol. The van der Waals surface area contributed by atoms with Gasteiger partial charge in [0.25, 0.3) is 5.91 Å². The van der Waals surface area contributed by atoms with Crippen molar-refractivity contribution in [1.29, 1.82) is 0 Å². The number of carbonyl (C=O) groups is 1. The lowest BCUT2D eigenvalue weighted by Crippen LogP contribution is -2.26. The number of H-pyrrole nitrogens is 1. The number of nitrogens with one attached hydrogen (secondary N) is 1. The number of imidazole rings is 1. The quantitative estimate of drug-likeness (QED) is 0.620. The van der Waals surface area contributed by atoms with E-state index in [9.17, 15) is 4.79 Å². The molecular formula is C20H16N4O. The lowest BCUT2D eigenvalue weighted by Gasteiger charge is -2.17. The molecule has 0 aliphatic rings. The minimum Gasteiger partial charge on any atom is -0.338 e. The number of nitrogens with zero attached hydrogens (tertiary/aromatic N) is 3. The van der Waals surface area contributed by atoms with E-state index in [1.807, 2.05) is 60.7 Å². The van der Waals surface area contributed by atoms with Crippen LogP contribution in [-0.4, -0.2) is 27.9 Å². The summed E-state index contributed by atoms with van der Waals surface area (Å²) in [6.45, 7) is 0. The van der Waals surface area contributed by atoms with Gasteiger partial charge in [-0.2, -0.15) is 0 Å². The monoisotopic (exact) mass is 328 g/mol. The van der Waals surface area contributed by atoms with Gasteiger partial charge < -0.3 is 9.88 Å². The van der Waals surface area contributed by atoms with Gasteiger partial charge in [-0.05, 0) is 42.5 Å². The highest BCUT2D eigenvalue weighted by Gasteiger charge is 2.15. The molecule has 0 saturated carbocycles. The van der Waals surface area contributed by atoms with E-state index in [0.29, 0.717) is 5.56 Å². The second kappa shape index (κ2) is 6.20. The number of benzene rings is 2. The van der Waals surface area contributed by atoms with Gasteiger partial charge in [-0.1, -0.05) is 18.2 Å². The van der Waals surface area contributed by atoms with Crippen LogP contribution in [0.15, 0.2) is 73.1 Å². The Morgan fingerprint density at radius 2 is 1.76 bits per heavy atom. The van der Waals surface area contributed by atoms with Crippen LogP contribution in [-0.2, 0) is 0 Å². The first-order valence-electron chi connectivity index (χ1n) is 7.95. The highest BCUT2D eigenvalue weighted by Crippen LogP contribution is 2.22. The summed E-state index contributed by atoms with van der Waals surface area (Å²) in [4.78, 5) is 26.3. The molecule has 0 atom stereocenters. The Bertz CT molecular complexity index is 1030. The predicted octanol–water partition coefficient (Wildman–Crippen LogP) is 3.90. The van der Waals surface area contributed by atoms with Crippen LogP contribution < -0.4 is 4.90 Å². The van der Waals surface area contributed by atoms with E-state index in [1.165, 1.54) is 0 Å². The molecule has 0 fully saturated rings. The molecule has 0 spiro atoms. The van der Waals surface area contributed by atoms with Crippen molar-refractivity contribution < 1.29 is 4.79 Å². The zero-order chi connectivity index (χ0) is 17.2. The molecule has 2 aromatic heterocycles. The highest BCUT2D eigenvalue weighted by atomic mass is 16.2. The predicted molar refractivity (Wildman–Crippen MR) is 98.5 cm³/mol. The first kappa shape index (κ1) is 15.1. The number of anilines is 1. The molecule has 5 heteroatoms. The maximum atomic E-state index is 12.7. The zero-order valence-corrected chi connectivity index (χ0v) is 13.7. The first-order valence-corrected chi connectivity index (χ1v) is 7.95. The van der Waals surface area contributed by atoms with E-state index in [0.717, 1.165) is 28.1 Å². The lowest BCUT2D eigenvalue weighted by molar-refractivity contribution is 0.0993. The zero-order valence-electron chi connectivity index (χ0n) is 13.7. The van der Waals surface area contributed by atoms with E-state index < -0.39 is 0 Å². The molecule has 0 saturated heterocycles. The van der Waals surface area contributed by atoms with Crippen molar-refractivity contribution in [3.8, 4) is 11.4 Å². The number of aromatic nitrogens is 3. The van der Waals surface area contributed by atoms with Crippen molar-refractivity contribution in [3.63, 3.8) is 0 Å². The van der Waals surface area contributed by atoms with Crippen LogP contribution in [0.4, 0.5) is 5.69 Å². The number of aromatic amines is 1. The topological polar surface area (TPSA) is 61.9 Å². The van der Waals surface area contributed by atoms with Crippen LogP contribution >= 0.6 is 0 Å². The molecule has 122 valence electrons. The third-order valence-electron chi connectivity index (χ3n) is 4.13. The number of carbonyl (C=O) groups excluding carboxylic acids is 1. The number of amides is 1. The Balaban J connectivity index is 1.68. The standard InChI is InChI=1S/C20H16N4O/c1-24(16-5-3-2-4-6-16)20(25)15-7-8-17-18(13-15)23-19(22-17)14-9-11-21-12-10-14/h2-13H,1H3,(H,22,23). The fourth-order valence-corrected chi connectivity index (χ4v) is 2.75. The molecule has 0 bridgehead atoms. The smallest absolute Gasteiger partial charge is 0.258 e. The molecule has 1 amide bonds. The molecule has 2 aromatic carbocycles. The van der Waals surface area contributed by atoms with Gasteiger partial charge in [0, 0.05) is 36.3 Å². The van der Waals surface area contributed by atoms with Gasteiger partial charge in [-0.25, -0.2) is 4.98 Å².